The first-order valence-electron chi connectivity index (χ1n) is 6.58. The van der Waals surface area contributed by atoms with Gasteiger partial charge in [0.05, 0.1) is 0 Å². The molecular formula is C12H23IN2O2. The first kappa shape index (κ1) is 14.0. The van der Waals surface area contributed by atoms with Gasteiger partial charge in [-0.3, -0.25) is 13.3 Å². The van der Waals surface area contributed by atoms with Crippen molar-refractivity contribution in [1.82, 2.24) is 10.2 Å². The molecule has 0 bridgehead atoms. The zero-order valence-corrected chi connectivity index (χ0v) is 12.8. The Balaban J connectivity index is 1.97. The smallest absolute Gasteiger partial charge is 0.224 e. The molecule has 2 aliphatic rings. The van der Waals surface area contributed by atoms with Crippen molar-refractivity contribution in [2.45, 2.75) is 70.0 Å². The van der Waals surface area contributed by atoms with E-state index in [1.54, 1.807) is 23.0 Å². The normalized spacial score (nSPS) is 32.1. The summed E-state index contributed by atoms with van der Waals surface area (Å²) in [6.45, 7) is 5.69. The number of nitrogens with one attached hydrogen (secondary N) is 1. The van der Waals surface area contributed by atoms with Gasteiger partial charge < -0.3 is 5.11 Å². The Bertz CT molecular complexity index is 261. The average molecular weight is 354 g/mol. The van der Waals surface area contributed by atoms with Crippen LogP contribution in [0.1, 0.15) is 46.0 Å². The predicted molar refractivity (Wildman–Crippen MR) is 75.7 cm³/mol. The van der Waals surface area contributed by atoms with E-state index in [0.717, 1.165) is 0 Å². The van der Waals surface area contributed by atoms with E-state index in [9.17, 15) is 5.11 Å². The zero-order chi connectivity index (χ0) is 12.5. The van der Waals surface area contributed by atoms with E-state index in [-0.39, 0.29) is 11.6 Å². The number of aliphatic hydroxyl groups excluding tert-OH is 1. The molecule has 2 N–H and O–H groups in total. The largest absolute Gasteiger partial charge is 0.355 e. The van der Waals surface area contributed by atoms with Gasteiger partial charge in [0.2, 0.25) is 6.41 Å². The summed E-state index contributed by atoms with van der Waals surface area (Å²) in [5.74, 6) is 0. The van der Waals surface area contributed by atoms with Crippen LogP contribution in [-0.4, -0.2) is 40.6 Å². The van der Waals surface area contributed by atoms with E-state index < -0.39 is 6.41 Å². The van der Waals surface area contributed by atoms with Crippen LogP contribution in [0, 0.1) is 0 Å². The molecule has 0 aromatic carbocycles. The van der Waals surface area contributed by atoms with Gasteiger partial charge in [-0.25, -0.2) is 0 Å². The van der Waals surface area contributed by atoms with Gasteiger partial charge in [-0.2, -0.15) is 0 Å². The van der Waals surface area contributed by atoms with Crippen LogP contribution in [0.2, 0.25) is 0 Å². The fraction of sp³-hybridized carbons (Fsp3) is 1.00. The number of aliphatic hydroxyl groups is 1. The molecule has 1 saturated heterocycles. The van der Waals surface area contributed by atoms with E-state index >= 15 is 0 Å². The van der Waals surface area contributed by atoms with Crippen LogP contribution in [0.5, 0.6) is 0 Å². The zero-order valence-electron chi connectivity index (χ0n) is 10.7. The van der Waals surface area contributed by atoms with E-state index in [1.165, 1.54) is 38.6 Å². The number of halogens is 1. The molecule has 3 atom stereocenters. The summed E-state index contributed by atoms with van der Waals surface area (Å²) in [5, 5.41) is 12.7. The van der Waals surface area contributed by atoms with Crippen LogP contribution in [0.25, 0.3) is 0 Å². The molecule has 1 aliphatic carbocycles. The highest BCUT2D eigenvalue weighted by molar-refractivity contribution is 14.1. The Kier molecular flexibility index (Phi) is 4.68. The Morgan fingerprint density at radius 3 is 2.71 bits per heavy atom. The molecule has 2 rings (SSSR count). The number of likely N-dealkylation sites (tertiary alicyclic amines) is 1. The van der Waals surface area contributed by atoms with Crippen molar-refractivity contribution in [3.05, 3.63) is 0 Å². The molecule has 1 heterocycles. The summed E-state index contributed by atoms with van der Waals surface area (Å²) in [5.41, 5.74) is 0.260. The van der Waals surface area contributed by atoms with E-state index in [4.69, 9.17) is 3.07 Å². The molecule has 0 spiro atoms. The summed E-state index contributed by atoms with van der Waals surface area (Å²) in [7, 11) is 0. The standard InChI is InChI=1S/C12H23IN2O2/c1-9-5-3-4-8-15(9)12(6-7-12)10(2)14-11(16)17-13/h9-11,14,16H,3-8H2,1-2H3/t9-,10+,11?/m1/s1. The minimum absolute atomic E-state index is 0.260. The van der Waals surface area contributed by atoms with Gasteiger partial charge in [0, 0.05) is 17.6 Å². The van der Waals surface area contributed by atoms with Gasteiger partial charge in [-0.15, -0.1) is 0 Å². The maximum atomic E-state index is 9.52. The second-order valence-corrected chi connectivity index (χ2v) is 5.98. The maximum absolute atomic E-state index is 9.52. The maximum Gasteiger partial charge on any atom is 0.224 e. The van der Waals surface area contributed by atoms with Crippen molar-refractivity contribution in [2.75, 3.05) is 6.54 Å². The first-order valence-corrected chi connectivity index (χ1v) is 7.46. The molecular weight excluding hydrogens is 331 g/mol. The highest BCUT2D eigenvalue weighted by Gasteiger charge is 2.53. The molecule has 1 saturated carbocycles. The lowest BCUT2D eigenvalue weighted by Crippen LogP contribution is -2.57. The van der Waals surface area contributed by atoms with Crippen molar-refractivity contribution in [3.63, 3.8) is 0 Å². The third kappa shape index (κ3) is 2.94. The molecule has 2 fully saturated rings. The number of hydrogen-bond acceptors (Lipinski definition) is 4. The van der Waals surface area contributed by atoms with Crippen molar-refractivity contribution < 1.29 is 8.17 Å². The molecule has 5 heteroatoms. The van der Waals surface area contributed by atoms with E-state index in [2.05, 4.69) is 24.1 Å². The third-order valence-corrected chi connectivity index (χ3v) is 4.90. The SMILES string of the molecule is C[C@@H]1CCCCN1C1([C@H](C)NC(O)OI)CC1. The number of nitrogens with zero attached hydrogens (tertiary/aromatic N) is 1. The molecule has 4 nitrogen and oxygen atoms in total. The van der Waals surface area contributed by atoms with Gasteiger partial charge in [0.25, 0.3) is 0 Å². The average Bonchev–Trinajstić information content (AvgIpc) is 3.10. The van der Waals surface area contributed by atoms with Crippen molar-refractivity contribution in [3.8, 4) is 0 Å². The molecule has 0 amide bonds. The minimum Gasteiger partial charge on any atom is -0.355 e. The Labute approximate surface area is 118 Å². The molecule has 17 heavy (non-hydrogen) atoms. The second-order valence-electron chi connectivity index (χ2n) is 5.47. The van der Waals surface area contributed by atoms with Gasteiger partial charge in [-0.05, 0) is 46.1 Å². The van der Waals surface area contributed by atoms with Gasteiger partial charge >= 0.3 is 0 Å². The molecule has 0 aromatic heterocycles. The quantitative estimate of drug-likeness (QED) is 0.586. The van der Waals surface area contributed by atoms with Crippen LogP contribution in [0.15, 0.2) is 0 Å². The highest BCUT2D eigenvalue weighted by atomic mass is 127. The summed E-state index contributed by atoms with van der Waals surface area (Å²) in [6, 6.07) is 0.945. The highest BCUT2D eigenvalue weighted by Crippen LogP contribution is 2.47. The summed E-state index contributed by atoms with van der Waals surface area (Å²) >= 11 is 1.73. The van der Waals surface area contributed by atoms with E-state index in [1.807, 2.05) is 0 Å². The molecule has 0 aromatic rings. The molecule has 1 aliphatic heterocycles. The Hall–Kier alpha value is 0.570. The lowest BCUT2D eigenvalue weighted by Gasteiger charge is -2.43. The summed E-state index contributed by atoms with van der Waals surface area (Å²) in [4.78, 5) is 2.65. The predicted octanol–water partition coefficient (Wildman–Crippen LogP) is 2.01. The van der Waals surface area contributed by atoms with Crippen LogP contribution in [0.4, 0.5) is 0 Å². The topological polar surface area (TPSA) is 44.7 Å². The molecule has 0 radical (unpaired) electrons. The van der Waals surface area contributed by atoms with Crippen LogP contribution >= 0.6 is 23.0 Å². The van der Waals surface area contributed by atoms with Gasteiger partial charge in [-0.1, -0.05) is 6.42 Å². The van der Waals surface area contributed by atoms with Crippen LogP contribution in [0.3, 0.4) is 0 Å². The van der Waals surface area contributed by atoms with Crippen molar-refractivity contribution >= 4 is 23.0 Å². The number of hydrogen-bond donors (Lipinski definition) is 2. The third-order valence-electron chi connectivity index (χ3n) is 4.42. The van der Waals surface area contributed by atoms with Crippen LogP contribution < -0.4 is 5.32 Å². The summed E-state index contributed by atoms with van der Waals surface area (Å²) < 4.78 is 4.85. The fourth-order valence-electron chi connectivity index (χ4n) is 3.25. The second kappa shape index (κ2) is 5.69. The monoisotopic (exact) mass is 354 g/mol. The van der Waals surface area contributed by atoms with Crippen molar-refractivity contribution in [2.24, 2.45) is 0 Å². The van der Waals surface area contributed by atoms with Crippen molar-refractivity contribution in [1.29, 1.82) is 0 Å². The molecule has 100 valence electrons. The Morgan fingerprint density at radius 2 is 2.18 bits per heavy atom. The van der Waals surface area contributed by atoms with Gasteiger partial charge in [0.15, 0.2) is 0 Å². The van der Waals surface area contributed by atoms with E-state index in [0.29, 0.717) is 6.04 Å². The number of piperidine rings is 1. The minimum atomic E-state index is -0.858. The summed E-state index contributed by atoms with van der Waals surface area (Å²) in [6.07, 6.45) is 5.58. The number of rotatable bonds is 5. The lowest BCUT2D eigenvalue weighted by molar-refractivity contribution is -0.0375. The first-order chi connectivity index (χ1) is 8.10. The Morgan fingerprint density at radius 1 is 1.47 bits per heavy atom. The molecule has 1 unspecified atom stereocenters. The van der Waals surface area contributed by atoms with Crippen LogP contribution in [-0.2, 0) is 3.07 Å². The lowest BCUT2D eigenvalue weighted by atomic mass is 9.96. The fourth-order valence-corrected chi connectivity index (χ4v) is 3.40. The van der Waals surface area contributed by atoms with Gasteiger partial charge in [0.1, 0.15) is 23.0 Å².